The Balaban J connectivity index is 2.73. The van der Waals surface area contributed by atoms with Crippen LogP contribution in [0, 0.1) is 11.8 Å². The molecule has 0 saturated carbocycles. The second-order valence-corrected chi connectivity index (χ2v) is 5.94. The van der Waals surface area contributed by atoms with E-state index in [1.54, 1.807) is 11.1 Å². The summed E-state index contributed by atoms with van der Waals surface area (Å²) in [6, 6.07) is 0. The van der Waals surface area contributed by atoms with Crippen LogP contribution in [-0.2, 0) is 0 Å². The maximum atomic E-state index is 9.43. The van der Waals surface area contributed by atoms with Crippen LogP contribution in [0.4, 0.5) is 0 Å². The Morgan fingerprint density at radius 1 is 1.41 bits per heavy atom. The summed E-state index contributed by atoms with van der Waals surface area (Å²) in [6.07, 6.45) is 6.70. The molecule has 0 radical (unpaired) electrons. The molecule has 0 heterocycles. The number of allylic oxidation sites excluding steroid dienone is 4. The van der Waals surface area contributed by atoms with Crippen molar-refractivity contribution < 1.29 is 5.11 Å². The predicted octanol–water partition coefficient (Wildman–Crippen LogP) is 4.48. The van der Waals surface area contributed by atoms with Gasteiger partial charge in [-0.3, -0.25) is 0 Å². The van der Waals surface area contributed by atoms with E-state index >= 15 is 0 Å². The van der Waals surface area contributed by atoms with Gasteiger partial charge in [-0.05, 0) is 52.4 Å². The van der Waals surface area contributed by atoms with E-state index in [0.29, 0.717) is 11.8 Å². The molecule has 0 aromatic heterocycles. The van der Waals surface area contributed by atoms with Crippen LogP contribution in [0.3, 0.4) is 0 Å². The monoisotopic (exact) mass is 236 g/mol. The minimum Gasteiger partial charge on any atom is -0.393 e. The van der Waals surface area contributed by atoms with Gasteiger partial charge in [-0.15, -0.1) is 0 Å². The zero-order valence-corrected chi connectivity index (χ0v) is 12.1. The molecule has 1 aliphatic rings. The van der Waals surface area contributed by atoms with Crippen molar-refractivity contribution in [3.63, 3.8) is 0 Å². The van der Waals surface area contributed by atoms with E-state index in [0.717, 1.165) is 12.8 Å². The first-order chi connectivity index (χ1) is 7.91. The molecule has 1 heteroatoms. The molecule has 0 saturated heterocycles. The number of rotatable bonds is 5. The van der Waals surface area contributed by atoms with Crippen LogP contribution in [0.2, 0.25) is 0 Å². The molecule has 2 atom stereocenters. The fourth-order valence-corrected chi connectivity index (χ4v) is 2.89. The highest BCUT2D eigenvalue weighted by molar-refractivity contribution is 5.29. The van der Waals surface area contributed by atoms with E-state index in [1.807, 2.05) is 6.92 Å². The van der Waals surface area contributed by atoms with Crippen molar-refractivity contribution >= 4 is 0 Å². The van der Waals surface area contributed by atoms with E-state index in [2.05, 4.69) is 33.8 Å². The van der Waals surface area contributed by atoms with Gasteiger partial charge in [0.2, 0.25) is 0 Å². The van der Waals surface area contributed by atoms with Gasteiger partial charge in [0.15, 0.2) is 0 Å². The Morgan fingerprint density at radius 3 is 2.59 bits per heavy atom. The largest absolute Gasteiger partial charge is 0.393 e. The van der Waals surface area contributed by atoms with Crippen LogP contribution < -0.4 is 0 Å². The first kappa shape index (κ1) is 14.5. The highest BCUT2D eigenvalue weighted by atomic mass is 16.3. The van der Waals surface area contributed by atoms with Crippen LogP contribution in [0.5, 0.6) is 0 Å². The summed E-state index contributed by atoms with van der Waals surface area (Å²) < 4.78 is 0. The van der Waals surface area contributed by atoms with E-state index in [-0.39, 0.29) is 6.10 Å². The van der Waals surface area contributed by atoms with Crippen molar-refractivity contribution in [3.8, 4) is 0 Å². The molecule has 0 aromatic carbocycles. The van der Waals surface area contributed by atoms with Gasteiger partial charge in [-0.25, -0.2) is 0 Å². The molecule has 17 heavy (non-hydrogen) atoms. The lowest BCUT2D eigenvalue weighted by atomic mass is 9.88. The number of aliphatic hydroxyl groups is 1. The molecule has 0 fully saturated rings. The predicted molar refractivity (Wildman–Crippen MR) is 74.9 cm³/mol. The number of hydrogen-bond acceptors (Lipinski definition) is 1. The Hall–Kier alpha value is -0.560. The van der Waals surface area contributed by atoms with Gasteiger partial charge in [-0.1, -0.05) is 36.6 Å². The summed E-state index contributed by atoms with van der Waals surface area (Å²) in [5.74, 6) is 1.28. The van der Waals surface area contributed by atoms with E-state index in [1.165, 1.54) is 18.4 Å². The SMILES string of the molecule is CC1=C(CC[C@@H](C)O)[C@@H](/C(C)=C/C(C)C)CC1. The summed E-state index contributed by atoms with van der Waals surface area (Å²) in [5, 5.41) is 9.43. The van der Waals surface area contributed by atoms with Gasteiger partial charge in [0.25, 0.3) is 0 Å². The quantitative estimate of drug-likeness (QED) is 0.698. The Bertz CT molecular complexity index is 307. The lowest BCUT2D eigenvalue weighted by Crippen LogP contribution is -2.06. The van der Waals surface area contributed by atoms with Gasteiger partial charge in [-0.2, -0.15) is 0 Å². The van der Waals surface area contributed by atoms with Crippen molar-refractivity contribution in [2.75, 3.05) is 0 Å². The molecule has 1 rings (SSSR count). The van der Waals surface area contributed by atoms with Crippen molar-refractivity contribution in [1.82, 2.24) is 0 Å². The van der Waals surface area contributed by atoms with Gasteiger partial charge in [0.05, 0.1) is 6.10 Å². The number of hydrogen-bond donors (Lipinski definition) is 1. The van der Waals surface area contributed by atoms with Crippen LogP contribution in [-0.4, -0.2) is 11.2 Å². The molecule has 1 aliphatic carbocycles. The van der Waals surface area contributed by atoms with Gasteiger partial charge >= 0.3 is 0 Å². The number of aliphatic hydroxyl groups excluding tert-OH is 1. The third-order valence-electron chi connectivity index (χ3n) is 3.75. The zero-order chi connectivity index (χ0) is 13.0. The van der Waals surface area contributed by atoms with Crippen molar-refractivity contribution in [1.29, 1.82) is 0 Å². The molecule has 0 bridgehead atoms. The highest BCUT2D eigenvalue weighted by Crippen LogP contribution is 2.39. The molecule has 0 unspecified atom stereocenters. The fraction of sp³-hybridized carbons (Fsp3) is 0.750. The van der Waals surface area contributed by atoms with Crippen LogP contribution in [0.25, 0.3) is 0 Å². The molecule has 0 aromatic rings. The lowest BCUT2D eigenvalue weighted by molar-refractivity contribution is 0.184. The minimum atomic E-state index is -0.175. The van der Waals surface area contributed by atoms with E-state index in [4.69, 9.17) is 0 Å². The molecule has 0 aliphatic heterocycles. The standard InChI is InChI=1S/C16H28O/c1-11(2)10-13(4)16-8-6-12(3)15(16)9-7-14(5)17/h10-11,14,16-17H,6-9H2,1-5H3/b13-10+/t14-,16-/m1/s1. The summed E-state index contributed by atoms with van der Waals surface area (Å²) in [5.41, 5.74) is 4.69. The van der Waals surface area contributed by atoms with Crippen molar-refractivity contribution in [3.05, 3.63) is 22.8 Å². The molecule has 0 spiro atoms. The topological polar surface area (TPSA) is 20.2 Å². The van der Waals surface area contributed by atoms with E-state index < -0.39 is 0 Å². The van der Waals surface area contributed by atoms with Crippen molar-refractivity contribution in [2.24, 2.45) is 11.8 Å². The van der Waals surface area contributed by atoms with Gasteiger partial charge in [0, 0.05) is 5.92 Å². The average molecular weight is 236 g/mol. The van der Waals surface area contributed by atoms with Crippen molar-refractivity contribution in [2.45, 2.75) is 66.4 Å². The molecule has 1 nitrogen and oxygen atoms in total. The first-order valence-corrected chi connectivity index (χ1v) is 6.96. The zero-order valence-electron chi connectivity index (χ0n) is 12.1. The Kier molecular flexibility index (Phi) is 5.45. The Morgan fingerprint density at radius 2 is 2.06 bits per heavy atom. The normalized spacial score (nSPS) is 23.7. The molecular weight excluding hydrogens is 208 g/mol. The van der Waals surface area contributed by atoms with Gasteiger partial charge in [0.1, 0.15) is 0 Å². The molecule has 98 valence electrons. The summed E-state index contributed by atoms with van der Waals surface area (Å²) in [6.45, 7) is 10.9. The fourth-order valence-electron chi connectivity index (χ4n) is 2.89. The van der Waals surface area contributed by atoms with Gasteiger partial charge < -0.3 is 5.11 Å². The minimum absolute atomic E-state index is 0.175. The third kappa shape index (κ3) is 4.31. The second kappa shape index (κ2) is 6.39. The molecule has 1 N–H and O–H groups in total. The summed E-state index contributed by atoms with van der Waals surface area (Å²) in [4.78, 5) is 0. The summed E-state index contributed by atoms with van der Waals surface area (Å²) in [7, 11) is 0. The lowest BCUT2D eigenvalue weighted by Gasteiger charge is -2.18. The van der Waals surface area contributed by atoms with Crippen LogP contribution >= 0.6 is 0 Å². The van der Waals surface area contributed by atoms with Crippen LogP contribution in [0.1, 0.15) is 60.3 Å². The smallest absolute Gasteiger partial charge is 0.0515 e. The third-order valence-corrected chi connectivity index (χ3v) is 3.75. The summed E-state index contributed by atoms with van der Waals surface area (Å²) >= 11 is 0. The molecular formula is C16H28O. The highest BCUT2D eigenvalue weighted by Gasteiger charge is 2.24. The average Bonchev–Trinajstić information content (AvgIpc) is 2.55. The Labute approximate surface area is 107 Å². The van der Waals surface area contributed by atoms with E-state index in [9.17, 15) is 5.11 Å². The second-order valence-electron chi connectivity index (χ2n) is 5.94. The first-order valence-electron chi connectivity index (χ1n) is 6.96. The molecule has 0 amide bonds. The maximum Gasteiger partial charge on any atom is 0.0515 e. The van der Waals surface area contributed by atoms with Crippen LogP contribution in [0.15, 0.2) is 22.8 Å². The maximum absolute atomic E-state index is 9.43.